The molecule has 0 aromatic heterocycles. The molecule has 1 saturated heterocycles. The van der Waals surface area contributed by atoms with Crippen LogP contribution in [0.15, 0.2) is 21.5 Å². The molecule has 0 atom stereocenters. The zero-order valence-corrected chi connectivity index (χ0v) is 13.9. The largest absolute Gasteiger partial charge is 0.398 e. The molecule has 1 aliphatic rings. The number of hydrogen-bond donors (Lipinski definition) is 1. The Hall–Kier alpha value is -0.660. The fraction of sp³-hybridized carbons (Fsp3) is 0.538. The Balaban J connectivity index is 2.34. The van der Waals surface area contributed by atoms with Crippen LogP contribution in [-0.4, -0.2) is 25.8 Å². The van der Waals surface area contributed by atoms with Crippen molar-refractivity contribution in [3.05, 3.63) is 22.4 Å². The second-order valence-electron chi connectivity index (χ2n) is 5.87. The number of sulfonamides is 1. The molecule has 7 heteroatoms. The van der Waals surface area contributed by atoms with E-state index in [0.717, 1.165) is 18.9 Å². The minimum absolute atomic E-state index is 0.128. The summed E-state index contributed by atoms with van der Waals surface area (Å²) in [6.45, 7) is 5.03. The predicted octanol–water partition coefficient (Wildman–Crippen LogP) is 2.98. The summed E-state index contributed by atoms with van der Waals surface area (Å²) >= 11 is 3.08. The van der Waals surface area contributed by atoms with E-state index < -0.39 is 15.8 Å². The number of nitrogens with two attached hydrogens (primary N) is 1. The van der Waals surface area contributed by atoms with E-state index in [9.17, 15) is 12.8 Å². The van der Waals surface area contributed by atoms with Gasteiger partial charge in [-0.3, -0.25) is 0 Å². The van der Waals surface area contributed by atoms with Gasteiger partial charge in [-0.05, 0) is 46.3 Å². The molecule has 0 aliphatic carbocycles. The topological polar surface area (TPSA) is 63.4 Å². The van der Waals surface area contributed by atoms with E-state index in [-0.39, 0.29) is 16.0 Å². The number of piperidine rings is 1. The van der Waals surface area contributed by atoms with Gasteiger partial charge in [0.15, 0.2) is 0 Å². The molecule has 1 fully saturated rings. The van der Waals surface area contributed by atoms with Gasteiger partial charge in [-0.15, -0.1) is 0 Å². The fourth-order valence-electron chi connectivity index (χ4n) is 2.21. The third-order valence-corrected chi connectivity index (χ3v) is 6.35. The van der Waals surface area contributed by atoms with Crippen molar-refractivity contribution < 1.29 is 12.8 Å². The molecule has 1 heterocycles. The highest BCUT2D eigenvalue weighted by Crippen LogP contribution is 2.34. The van der Waals surface area contributed by atoms with Gasteiger partial charge in [-0.2, -0.15) is 4.31 Å². The minimum Gasteiger partial charge on any atom is -0.398 e. The van der Waals surface area contributed by atoms with Gasteiger partial charge in [0.1, 0.15) is 10.7 Å². The SMILES string of the molecule is CC1(C)CCN(S(=O)(=O)c2cc(N)c(Br)cc2F)CC1. The van der Waals surface area contributed by atoms with Crippen LogP contribution in [0, 0.1) is 11.2 Å². The Morgan fingerprint density at radius 1 is 1.30 bits per heavy atom. The lowest BCUT2D eigenvalue weighted by Gasteiger charge is -2.36. The van der Waals surface area contributed by atoms with Crippen LogP contribution >= 0.6 is 15.9 Å². The van der Waals surface area contributed by atoms with Gasteiger partial charge in [0.25, 0.3) is 0 Å². The first-order valence-electron chi connectivity index (χ1n) is 6.38. The van der Waals surface area contributed by atoms with Crippen molar-refractivity contribution in [2.45, 2.75) is 31.6 Å². The van der Waals surface area contributed by atoms with E-state index in [1.54, 1.807) is 0 Å². The summed E-state index contributed by atoms with van der Waals surface area (Å²) in [5.74, 6) is -0.782. The van der Waals surface area contributed by atoms with Crippen molar-refractivity contribution in [3.63, 3.8) is 0 Å². The van der Waals surface area contributed by atoms with Gasteiger partial charge in [0, 0.05) is 23.2 Å². The zero-order chi connectivity index (χ0) is 15.1. The lowest BCUT2D eigenvalue weighted by molar-refractivity contribution is 0.195. The fourth-order valence-corrected chi connectivity index (χ4v) is 4.05. The molecule has 0 saturated carbocycles. The van der Waals surface area contributed by atoms with E-state index in [1.807, 2.05) is 0 Å². The molecule has 0 bridgehead atoms. The Morgan fingerprint density at radius 3 is 2.40 bits per heavy atom. The van der Waals surface area contributed by atoms with E-state index in [0.29, 0.717) is 17.6 Å². The van der Waals surface area contributed by atoms with Gasteiger partial charge >= 0.3 is 0 Å². The molecule has 2 rings (SSSR count). The number of nitrogen functional groups attached to an aromatic ring is 1. The number of rotatable bonds is 2. The predicted molar refractivity (Wildman–Crippen MR) is 80.3 cm³/mol. The summed E-state index contributed by atoms with van der Waals surface area (Å²) in [4.78, 5) is -0.349. The van der Waals surface area contributed by atoms with Gasteiger partial charge in [-0.1, -0.05) is 13.8 Å². The Kier molecular flexibility index (Phi) is 4.15. The van der Waals surface area contributed by atoms with Crippen molar-refractivity contribution in [1.29, 1.82) is 0 Å². The van der Waals surface area contributed by atoms with Gasteiger partial charge in [0.05, 0.1) is 0 Å². The maximum atomic E-state index is 13.9. The van der Waals surface area contributed by atoms with E-state index >= 15 is 0 Å². The van der Waals surface area contributed by atoms with Crippen molar-refractivity contribution in [2.75, 3.05) is 18.8 Å². The Labute approximate surface area is 127 Å². The Bertz CT molecular complexity index is 622. The highest BCUT2D eigenvalue weighted by molar-refractivity contribution is 9.10. The summed E-state index contributed by atoms with van der Waals surface area (Å²) in [5, 5.41) is 0. The van der Waals surface area contributed by atoms with Crippen LogP contribution in [0.25, 0.3) is 0 Å². The Morgan fingerprint density at radius 2 is 1.85 bits per heavy atom. The third kappa shape index (κ3) is 2.99. The normalized spacial score (nSPS) is 20.0. The number of anilines is 1. The monoisotopic (exact) mass is 364 g/mol. The molecule has 0 unspecified atom stereocenters. The highest BCUT2D eigenvalue weighted by Gasteiger charge is 2.34. The molecule has 1 aliphatic heterocycles. The van der Waals surface area contributed by atoms with Crippen LogP contribution in [0.3, 0.4) is 0 Å². The zero-order valence-electron chi connectivity index (χ0n) is 11.5. The number of benzene rings is 1. The van der Waals surface area contributed by atoms with Crippen LogP contribution < -0.4 is 5.73 Å². The molecular weight excluding hydrogens is 347 g/mol. The van der Waals surface area contributed by atoms with E-state index in [2.05, 4.69) is 29.8 Å². The van der Waals surface area contributed by atoms with Crippen molar-refractivity contribution in [1.82, 2.24) is 4.31 Å². The van der Waals surface area contributed by atoms with Gasteiger partial charge in [0.2, 0.25) is 10.0 Å². The maximum Gasteiger partial charge on any atom is 0.246 e. The van der Waals surface area contributed by atoms with Crippen molar-refractivity contribution in [3.8, 4) is 0 Å². The smallest absolute Gasteiger partial charge is 0.246 e. The van der Waals surface area contributed by atoms with Gasteiger partial charge < -0.3 is 5.73 Å². The first kappa shape index (κ1) is 15.7. The number of nitrogens with zero attached hydrogens (tertiary/aromatic N) is 1. The van der Waals surface area contributed by atoms with Crippen LogP contribution in [0.5, 0.6) is 0 Å². The molecule has 2 N–H and O–H groups in total. The molecule has 0 radical (unpaired) electrons. The van der Waals surface area contributed by atoms with Crippen molar-refractivity contribution in [2.24, 2.45) is 5.41 Å². The summed E-state index contributed by atoms with van der Waals surface area (Å²) in [6, 6.07) is 2.27. The standard InChI is InChI=1S/C13H18BrFN2O2S/c1-13(2)3-5-17(6-4-13)20(18,19)12-8-11(16)9(14)7-10(12)15/h7-8H,3-6,16H2,1-2H3. The first-order chi connectivity index (χ1) is 9.13. The third-order valence-electron chi connectivity index (χ3n) is 3.74. The van der Waals surface area contributed by atoms with E-state index in [4.69, 9.17) is 5.73 Å². The molecule has 0 amide bonds. The summed E-state index contributed by atoms with van der Waals surface area (Å²) in [5.41, 5.74) is 6.00. The molecule has 4 nitrogen and oxygen atoms in total. The van der Waals surface area contributed by atoms with Crippen LogP contribution in [0.2, 0.25) is 0 Å². The average molecular weight is 365 g/mol. The van der Waals surface area contributed by atoms with Crippen LogP contribution in [0.4, 0.5) is 10.1 Å². The van der Waals surface area contributed by atoms with Crippen LogP contribution in [0.1, 0.15) is 26.7 Å². The lowest BCUT2D eigenvalue weighted by atomic mass is 9.83. The second kappa shape index (κ2) is 5.27. The summed E-state index contributed by atoms with van der Waals surface area (Å²) < 4.78 is 40.6. The number of halogens is 2. The molecule has 112 valence electrons. The molecule has 0 spiro atoms. The maximum absolute atomic E-state index is 13.9. The quantitative estimate of drug-likeness (QED) is 0.820. The summed E-state index contributed by atoms with van der Waals surface area (Å²) in [6.07, 6.45) is 1.53. The summed E-state index contributed by atoms with van der Waals surface area (Å²) in [7, 11) is -3.82. The van der Waals surface area contributed by atoms with Crippen molar-refractivity contribution >= 4 is 31.6 Å². The minimum atomic E-state index is -3.82. The van der Waals surface area contributed by atoms with E-state index in [1.165, 1.54) is 10.4 Å². The van der Waals surface area contributed by atoms with Gasteiger partial charge in [-0.25, -0.2) is 12.8 Å². The first-order valence-corrected chi connectivity index (χ1v) is 8.61. The average Bonchev–Trinajstić information content (AvgIpc) is 2.33. The van der Waals surface area contributed by atoms with Crippen LogP contribution in [-0.2, 0) is 10.0 Å². The molecule has 1 aromatic carbocycles. The lowest BCUT2D eigenvalue weighted by Crippen LogP contribution is -2.41. The molecule has 1 aromatic rings. The highest BCUT2D eigenvalue weighted by atomic mass is 79.9. The second-order valence-corrected chi connectivity index (χ2v) is 8.63. The number of hydrogen-bond acceptors (Lipinski definition) is 3. The molecular formula is C13H18BrFN2O2S. The molecule has 20 heavy (non-hydrogen) atoms.